The van der Waals surface area contributed by atoms with Gasteiger partial charge in [0.25, 0.3) is 17.5 Å². The molecule has 0 unspecified atom stereocenters. The van der Waals surface area contributed by atoms with Crippen LogP contribution >= 0.6 is 15.9 Å². The summed E-state index contributed by atoms with van der Waals surface area (Å²) < 4.78 is 12.4. The molecule has 0 radical (unpaired) electrons. The second-order valence-electron chi connectivity index (χ2n) is 8.64. The average molecular weight is 637 g/mol. The first-order chi connectivity index (χ1) is 20.0. The van der Waals surface area contributed by atoms with E-state index in [1.807, 2.05) is 0 Å². The van der Waals surface area contributed by atoms with E-state index in [1.165, 1.54) is 30.4 Å². The zero-order chi connectivity index (χ0) is 30.6. The molecule has 3 aromatic carbocycles. The van der Waals surface area contributed by atoms with Gasteiger partial charge in [-0.3, -0.25) is 35.1 Å². The van der Waals surface area contributed by atoms with Gasteiger partial charge in [-0.15, -0.1) is 6.58 Å². The minimum atomic E-state index is -0.903. The van der Waals surface area contributed by atoms with E-state index in [0.29, 0.717) is 11.1 Å². The Balaban J connectivity index is 1.80. The van der Waals surface area contributed by atoms with Crippen LogP contribution in [0.25, 0.3) is 6.08 Å². The molecular weight excluding hydrogens is 616 g/mol. The first-order valence-corrected chi connectivity index (χ1v) is 13.0. The van der Waals surface area contributed by atoms with Gasteiger partial charge in [-0.25, -0.2) is 9.69 Å². The predicted molar refractivity (Wildman–Crippen MR) is 154 cm³/mol. The molecule has 4 rings (SSSR count). The molecule has 3 aromatic rings. The number of nitrogens with one attached hydrogen (secondary N) is 1. The van der Waals surface area contributed by atoms with Crippen LogP contribution in [0.3, 0.4) is 0 Å². The van der Waals surface area contributed by atoms with E-state index in [2.05, 4.69) is 27.8 Å². The van der Waals surface area contributed by atoms with E-state index in [1.54, 1.807) is 25.1 Å². The van der Waals surface area contributed by atoms with Gasteiger partial charge in [-0.05, 0) is 67.4 Å². The van der Waals surface area contributed by atoms with Crippen LogP contribution in [-0.4, -0.2) is 34.3 Å². The first kappa shape index (κ1) is 29.6. The smallest absolute Gasteiger partial charge is 0.335 e. The first-order valence-electron chi connectivity index (χ1n) is 12.2. The largest absolute Gasteiger partial charge is 0.490 e. The molecule has 1 fully saturated rings. The summed E-state index contributed by atoms with van der Waals surface area (Å²) in [6, 6.07) is 11.4. The average Bonchev–Trinajstić information content (AvgIpc) is 2.94. The molecule has 13 nitrogen and oxygen atoms in total. The molecule has 1 N–H and O–H groups in total. The number of hydrogen-bond acceptors (Lipinski definition) is 9. The number of nitrogens with zero attached hydrogens (tertiary/aromatic N) is 3. The third-order valence-electron chi connectivity index (χ3n) is 5.88. The zero-order valence-electron chi connectivity index (χ0n) is 21.9. The molecule has 214 valence electrons. The summed E-state index contributed by atoms with van der Waals surface area (Å²) in [5, 5.41) is 25.0. The molecule has 0 aromatic heterocycles. The third kappa shape index (κ3) is 6.18. The summed E-state index contributed by atoms with van der Waals surface area (Å²) in [6.07, 6.45) is 2.99. The summed E-state index contributed by atoms with van der Waals surface area (Å²) in [7, 11) is 0. The van der Waals surface area contributed by atoms with Gasteiger partial charge in [0.15, 0.2) is 11.5 Å². The quantitative estimate of drug-likeness (QED) is 0.0941. The number of amides is 4. The van der Waals surface area contributed by atoms with Crippen LogP contribution < -0.4 is 19.7 Å². The molecule has 1 aliphatic heterocycles. The molecular formula is C28H21BrN4O9. The van der Waals surface area contributed by atoms with Crippen LogP contribution in [0.15, 0.2) is 77.3 Å². The fourth-order valence-corrected chi connectivity index (χ4v) is 4.32. The number of rotatable bonds is 10. The number of carbonyl (C=O) groups excluding carboxylic acids is 3. The van der Waals surface area contributed by atoms with Crippen molar-refractivity contribution in [2.45, 2.75) is 13.3 Å². The van der Waals surface area contributed by atoms with Crippen molar-refractivity contribution in [2.75, 3.05) is 11.5 Å². The van der Waals surface area contributed by atoms with E-state index < -0.39 is 39.1 Å². The van der Waals surface area contributed by atoms with Crippen LogP contribution in [0.2, 0.25) is 0 Å². The number of allylic oxidation sites excluding steroid dienone is 1. The summed E-state index contributed by atoms with van der Waals surface area (Å²) in [5.74, 6) is -1.84. The molecule has 0 atom stereocenters. The highest BCUT2D eigenvalue weighted by molar-refractivity contribution is 9.10. The normalized spacial score (nSPS) is 14.0. The lowest BCUT2D eigenvalue weighted by molar-refractivity contribution is -0.394. The second-order valence-corrected chi connectivity index (χ2v) is 9.55. The van der Waals surface area contributed by atoms with E-state index in [0.717, 1.165) is 27.6 Å². The minimum Gasteiger partial charge on any atom is -0.490 e. The summed E-state index contributed by atoms with van der Waals surface area (Å²) >= 11 is 3.29. The highest BCUT2D eigenvalue weighted by Crippen LogP contribution is 2.41. The lowest BCUT2D eigenvalue weighted by Gasteiger charge is -2.26. The fourth-order valence-electron chi connectivity index (χ4n) is 4.06. The van der Waals surface area contributed by atoms with Crippen molar-refractivity contribution >= 4 is 56.9 Å². The maximum absolute atomic E-state index is 13.3. The highest BCUT2D eigenvalue weighted by atomic mass is 79.9. The Bertz CT molecular complexity index is 1670. The molecule has 1 heterocycles. The van der Waals surface area contributed by atoms with E-state index >= 15 is 0 Å². The standard InChI is InChI=1S/C28H21BrN4O9/c1-3-5-17-12-16(13-21-26(34)30-28(36)31(27(21)35)19-8-6-18(29)7-9-19)14-24(41-4-2)25(17)42-23-11-10-20(32(37)38)15-22(23)33(39)40/h3,6-15H,1,4-5H2,2H3,(H,30,34,36)/b21-13+. The van der Waals surface area contributed by atoms with Gasteiger partial charge < -0.3 is 9.47 Å². The van der Waals surface area contributed by atoms with Crippen LogP contribution in [0.1, 0.15) is 18.1 Å². The van der Waals surface area contributed by atoms with Crippen molar-refractivity contribution in [1.29, 1.82) is 0 Å². The van der Waals surface area contributed by atoms with Gasteiger partial charge in [0.2, 0.25) is 5.75 Å². The van der Waals surface area contributed by atoms with E-state index in [4.69, 9.17) is 9.47 Å². The number of hydrogen-bond donors (Lipinski definition) is 1. The van der Waals surface area contributed by atoms with Gasteiger partial charge in [0, 0.05) is 16.1 Å². The molecule has 0 spiro atoms. The van der Waals surface area contributed by atoms with Crippen molar-refractivity contribution in [1.82, 2.24) is 5.32 Å². The monoisotopic (exact) mass is 636 g/mol. The number of urea groups is 1. The molecule has 1 aliphatic rings. The van der Waals surface area contributed by atoms with Crippen LogP contribution in [-0.2, 0) is 16.0 Å². The van der Waals surface area contributed by atoms with E-state index in [9.17, 15) is 34.6 Å². The predicted octanol–water partition coefficient (Wildman–Crippen LogP) is 5.85. The Morgan fingerprint density at radius 3 is 2.33 bits per heavy atom. The van der Waals surface area contributed by atoms with Crippen LogP contribution in [0.4, 0.5) is 21.9 Å². The van der Waals surface area contributed by atoms with Gasteiger partial charge in [-0.2, -0.15) is 0 Å². The number of nitro groups is 2. The van der Waals surface area contributed by atoms with E-state index in [-0.39, 0.29) is 41.5 Å². The topological polar surface area (TPSA) is 171 Å². The lowest BCUT2D eigenvalue weighted by Crippen LogP contribution is -2.54. The van der Waals surface area contributed by atoms with Crippen molar-refractivity contribution in [3.8, 4) is 17.2 Å². The number of nitro benzene ring substituents is 2. The van der Waals surface area contributed by atoms with Gasteiger partial charge >= 0.3 is 11.7 Å². The number of anilines is 1. The van der Waals surface area contributed by atoms with Crippen molar-refractivity contribution in [3.05, 3.63) is 109 Å². The molecule has 4 amide bonds. The molecule has 14 heteroatoms. The third-order valence-corrected chi connectivity index (χ3v) is 6.41. The number of carbonyl (C=O) groups is 3. The van der Waals surface area contributed by atoms with Crippen molar-refractivity contribution < 1.29 is 33.7 Å². The Morgan fingerprint density at radius 2 is 1.71 bits per heavy atom. The van der Waals surface area contributed by atoms with Gasteiger partial charge in [-0.1, -0.05) is 22.0 Å². The number of benzene rings is 3. The summed E-state index contributed by atoms with van der Waals surface area (Å²) in [6.45, 7) is 5.56. The maximum Gasteiger partial charge on any atom is 0.335 e. The Hall–Kier alpha value is -5.37. The number of non-ortho nitro benzene ring substituents is 1. The number of barbiturate groups is 1. The summed E-state index contributed by atoms with van der Waals surface area (Å²) in [5.41, 5.74) is -0.466. The van der Waals surface area contributed by atoms with Crippen LogP contribution in [0.5, 0.6) is 17.2 Å². The minimum absolute atomic E-state index is 0.0712. The molecule has 42 heavy (non-hydrogen) atoms. The SMILES string of the molecule is C=CCc1cc(/C=C2\C(=O)NC(=O)N(c3ccc(Br)cc3)C2=O)cc(OCC)c1Oc1ccc([N+](=O)[O-])cc1[N+](=O)[O-]. The van der Waals surface area contributed by atoms with Crippen molar-refractivity contribution in [2.24, 2.45) is 0 Å². The number of halogens is 1. The Labute approximate surface area is 246 Å². The van der Waals surface area contributed by atoms with Crippen LogP contribution in [0, 0.1) is 20.2 Å². The molecule has 0 bridgehead atoms. The Kier molecular flexibility index (Phi) is 8.76. The molecule has 0 saturated carbocycles. The van der Waals surface area contributed by atoms with Gasteiger partial charge in [0.1, 0.15) is 5.57 Å². The number of imide groups is 2. The van der Waals surface area contributed by atoms with Gasteiger partial charge in [0.05, 0.1) is 28.2 Å². The Morgan fingerprint density at radius 1 is 1.00 bits per heavy atom. The maximum atomic E-state index is 13.3. The zero-order valence-corrected chi connectivity index (χ0v) is 23.5. The number of ether oxygens (including phenoxy) is 2. The fraction of sp³-hybridized carbons (Fsp3) is 0.107. The second kappa shape index (κ2) is 12.4. The molecule has 1 saturated heterocycles. The molecule has 0 aliphatic carbocycles. The lowest BCUT2D eigenvalue weighted by atomic mass is 10.0. The summed E-state index contributed by atoms with van der Waals surface area (Å²) in [4.78, 5) is 60.6. The highest BCUT2D eigenvalue weighted by Gasteiger charge is 2.37. The van der Waals surface area contributed by atoms with Crippen molar-refractivity contribution in [3.63, 3.8) is 0 Å².